The number of carbonyl (C=O) groups excluding carboxylic acids is 2. The van der Waals surface area contributed by atoms with E-state index in [1.165, 1.54) is 0 Å². The van der Waals surface area contributed by atoms with Crippen molar-refractivity contribution in [2.24, 2.45) is 11.8 Å². The molecule has 2 heterocycles. The second kappa shape index (κ2) is 7.79. The molecule has 2 saturated heterocycles. The van der Waals surface area contributed by atoms with Crippen LogP contribution in [-0.4, -0.2) is 48.9 Å². The van der Waals surface area contributed by atoms with E-state index in [4.69, 9.17) is 0 Å². The topological polar surface area (TPSA) is 61.4 Å². The SMILES string of the molecule is CC1CCNCC1NC(=O)C1CCCN(C(=O)c2ccccc2)C1. The molecule has 2 aliphatic heterocycles. The molecule has 2 aliphatic rings. The number of rotatable bonds is 3. The lowest BCUT2D eigenvalue weighted by Crippen LogP contribution is -2.53. The zero-order chi connectivity index (χ0) is 16.9. The third-order valence-electron chi connectivity index (χ3n) is 5.26. The minimum atomic E-state index is -0.0967. The minimum Gasteiger partial charge on any atom is -0.352 e. The number of amides is 2. The number of hydrogen-bond donors (Lipinski definition) is 2. The van der Waals surface area contributed by atoms with Crippen molar-refractivity contribution in [3.8, 4) is 0 Å². The highest BCUT2D eigenvalue weighted by Crippen LogP contribution is 2.20. The molecule has 0 radical (unpaired) electrons. The second-order valence-electron chi connectivity index (χ2n) is 7.04. The Balaban J connectivity index is 1.58. The van der Waals surface area contributed by atoms with Crippen LogP contribution in [0, 0.1) is 11.8 Å². The van der Waals surface area contributed by atoms with Gasteiger partial charge in [0.15, 0.2) is 0 Å². The molecule has 0 saturated carbocycles. The van der Waals surface area contributed by atoms with Gasteiger partial charge in [-0.3, -0.25) is 9.59 Å². The largest absolute Gasteiger partial charge is 0.352 e. The molecule has 5 nitrogen and oxygen atoms in total. The summed E-state index contributed by atoms with van der Waals surface area (Å²) in [4.78, 5) is 27.1. The smallest absolute Gasteiger partial charge is 0.253 e. The molecule has 0 aromatic heterocycles. The first-order valence-electron chi connectivity index (χ1n) is 9.00. The van der Waals surface area contributed by atoms with Gasteiger partial charge in [-0.2, -0.15) is 0 Å². The predicted octanol–water partition coefficient (Wildman–Crippen LogP) is 1.65. The Morgan fingerprint density at radius 2 is 2.00 bits per heavy atom. The summed E-state index contributed by atoms with van der Waals surface area (Å²) < 4.78 is 0. The molecule has 1 aromatic carbocycles. The number of hydrogen-bond acceptors (Lipinski definition) is 3. The van der Waals surface area contributed by atoms with Gasteiger partial charge in [-0.05, 0) is 43.9 Å². The van der Waals surface area contributed by atoms with Gasteiger partial charge in [-0.25, -0.2) is 0 Å². The highest BCUT2D eigenvalue weighted by Gasteiger charge is 2.31. The van der Waals surface area contributed by atoms with Crippen LogP contribution in [-0.2, 0) is 4.79 Å². The summed E-state index contributed by atoms with van der Waals surface area (Å²) in [5.74, 6) is 0.531. The van der Waals surface area contributed by atoms with Crippen LogP contribution in [0.15, 0.2) is 30.3 Å². The molecule has 0 spiro atoms. The molecule has 2 fully saturated rings. The van der Waals surface area contributed by atoms with Gasteiger partial charge in [0.05, 0.1) is 5.92 Å². The van der Waals surface area contributed by atoms with Gasteiger partial charge in [0.25, 0.3) is 5.91 Å². The third-order valence-corrected chi connectivity index (χ3v) is 5.26. The standard InChI is InChI=1S/C19H27N3O2/c1-14-9-10-20-12-17(14)21-18(23)16-8-5-11-22(13-16)19(24)15-6-3-2-4-7-15/h2-4,6-7,14,16-17,20H,5,8-13H2,1H3,(H,21,23). The van der Waals surface area contributed by atoms with E-state index in [1.807, 2.05) is 35.2 Å². The Labute approximate surface area is 143 Å². The van der Waals surface area contributed by atoms with E-state index in [1.54, 1.807) is 0 Å². The number of benzene rings is 1. The van der Waals surface area contributed by atoms with Crippen LogP contribution in [0.4, 0.5) is 0 Å². The first kappa shape index (κ1) is 17.0. The maximum absolute atomic E-state index is 12.6. The fraction of sp³-hybridized carbons (Fsp3) is 0.579. The van der Waals surface area contributed by atoms with E-state index < -0.39 is 0 Å². The molecule has 3 unspecified atom stereocenters. The van der Waals surface area contributed by atoms with Gasteiger partial charge in [-0.1, -0.05) is 25.1 Å². The van der Waals surface area contributed by atoms with Crippen LogP contribution in [0.2, 0.25) is 0 Å². The Morgan fingerprint density at radius 3 is 2.75 bits per heavy atom. The molecule has 2 amide bonds. The second-order valence-corrected chi connectivity index (χ2v) is 7.04. The molecule has 1 aromatic rings. The summed E-state index contributed by atoms with van der Waals surface area (Å²) in [6, 6.07) is 9.52. The molecular formula is C19H27N3O2. The number of nitrogens with one attached hydrogen (secondary N) is 2. The Hall–Kier alpha value is -1.88. The lowest BCUT2D eigenvalue weighted by molar-refractivity contribution is -0.127. The highest BCUT2D eigenvalue weighted by molar-refractivity contribution is 5.94. The Bertz CT molecular complexity index is 575. The molecule has 5 heteroatoms. The zero-order valence-electron chi connectivity index (χ0n) is 14.3. The number of piperidine rings is 2. The van der Waals surface area contributed by atoms with Crippen molar-refractivity contribution >= 4 is 11.8 Å². The van der Waals surface area contributed by atoms with Crippen molar-refractivity contribution in [2.75, 3.05) is 26.2 Å². The van der Waals surface area contributed by atoms with E-state index in [0.717, 1.165) is 38.9 Å². The van der Waals surface area contributed by atoms with Gasteiger partial charge < -0.3 is 15.5 Å². The molecular weight excluding hydrogens is 302 g/mol. The quantitative estimate of drug-likeness (QED) is 0.886. The average molecular weight is 329 g/mol. The summed E-state index contributed by atoms with van der Waals surface area (Å²) in [6.07, 6.45) is 2.84. The van der Waals surface area contributed by atoms with Crippen LogP contribution >= 0.6 is 0 Å². The van der Waals surface area contributed by atoms with Crippen molar-refractivity contribution < 1.29 is 9.59 Å². The van der Waals surface area contributed by atoms with Gasteiger partial charge in [-0.15, -0.1) is 0 Å². The summed E-state index contributed by atoms with van der Waals surface area (Å²) in [5.41, 5.74) is 0.698. The third kappa shape index (κ3) is 3.96. The van der Waals surface area contributed by atoms with Crippen LogP contribution in [0.3, 0.4) is 0 Å². The highest BCUT2D eigenvalue weighted by atomic mass is 16.2. The fourth-order valence-corrected chi connectivity index (χ4v) is 3.62. The molecule has 24 heavy (non-hydrogen) atoms. The summed E-state index contributed by atoms with van der Waals surface area (Å²) >= 11 is 0. The van der Waals surface area contributed by atoms with Crippen LogP contribution in [0.1, 0.15) is 36.5 Å². The van der Waals surface area contributed by atoms with Gasteiger partial charge in [0, 0.05) is 31.2 Å². The fourth-order valence-electron chi connectivity index (χ4n) is 3.62. The normalized spacial score (nSPS) is 27.5. The van der Waals surface area contributed by atoms with Crippen LogP contribution in [0.25, 0.3) is 0 Å². The number of likely N-dealkylation sites (tertiary alicyclic amines) is 1. The lowest BCUT2D eigenvalue weighted by atomic mass is 9.92. The number of carbonyl (C=O) groups is 2. The Morgan fingerprint density at radius 1 is 1.21 bits per heavy atom. The first-order valence-corrected chi connectivity index (χ1v) is 9.00. The number of nitrogens with zero attached hydrogens (tertiary/aromatic N) is 1. The van der Waals surface area contributed by atoms with Gasteiger partial charge >= 0.3 is 0 Å². The maximum Gasteiger partial charge on any atom is 0.253 e. The van der Waals surface area contributed by atoms with Crippen molar-refractivity contribution in [3.05, 3.63) is 35.9 Å². The minimum absolute atomic E-state index is 0.0285. The monoisotopic (exact) mass is 329 g/mol. The molecule has 0 aliphatic carbocycles. The van der Waals surface area contributed by atoms with E-state index in [2.05, 4.69) is 17.6 Å². The van der Waals surface area contributed by atoms with Crippen LogP contribution < -0.4 is 10.6 Å². The molecule has 0 bridgehead atoms. The maximum atomic E-state index is 12.6. The van der Waals surface area contributed by atoms with Crippen molar-refractivity contribution in [1.29, 1.82) is 0 Å². The van der Waals surface area contributed by atoms with Crippen molar-refractivity contribution in [1.82, 2.24) is 15.5 Å². The van der Waals surface area contributed by atoms with E-state index in [0.29, 0.717) is 18.0 Å². The lowest BCUT2D eigenvalue weighted by Gasteiger charge is -2.35. The Kier molecular flexibility index (Phi) is 5.51. The molecule has 3 rings (SSSR count). The van der Waals surface area contributed by atoms with E-state index in [-0.39, 0.29) is 23.8 Å². The molecule has 3 atom stereocenters. The van der Waals surface area contributed by atoms with Crippen molar-refractivity contribution in [3.63, 3.8) is 0 Å². The summed E-state index contributed by atoms with van der Waals surface area (Å²) in [6.45, 7) is 5.31. The molecule has 130 valence electrons. The van der Waals surface area contributed by atoms with Gasteiger partial charge in [0.2, 0.25) is 5.91 Å². The van der Waals surface area contributed by atoms with Gasteiger partial charge in [0.1, 0.15) is 0 Å². The first-order chi connectivity index (χ1) is 11.6. The summed E-state index contributed by atoms with van der Waals surface area (Å²) in [5, 5.41) is 6.54. The average Bonchev–Trinajstić information content (AvgIpc) is 2.64. The zero-order valence-corrected chi connectivity index (χ0v) is 14.3. The van der Waals surface area contributed by atoms with E-state index in [9.17, 15) is 9.59 Å². The summed E-state index contributed by atoms with van der Waals surface area (Å²) in [7, 11) is 0. The van der Waals surface area contributed by atoms with Crippen LogP contribution in [0.5, 0.6) is 0 Å². The van der Waals surface area contributed by atoms with Crippen molar-refractivity contribution in [2.45, 2.75) is 32.2 Å². The predicted molar refractivity (Wildman–Crippen MR) is 93.7 cm³/mol. The van der Waals surface area contributed by atoms with E-state index >= 15 is 0 Å². The molecule has 2 N–H and O–H groups in total.